The molecule has 0 heterocycles. The Morgan fingerprint density at radius 2 is 2.27 bits per heavy atom. The fourth-order valence-corrected chi connectivity index (χ4v) is 1.12. The highest BCUT2D eigenvalue weighted by atomic mass is 19.1. The second-order valence-corrected chi connectivity index (χ2v) is 3.34. The van der Waals surface area contributed by atoms with Gasteiger partial charge in [-0.15, -0.1) is 0 Å². The fraction of sp³-hybridized carbons (Fsp3) is 0.364. The van der Waals surface area contributed by atoms with Gasteiger partial charge in [-0.1, -0.05) is 6.07 Å². The Bertz CT molecular complexity index is 384. The number of carbonyl (C=O) groups excluding carboxylic acids is 1. The third-order valence-corrected chi connectivity index (χ3v) is 1.69. The Morgan fingerprint density at radius 3 is 2.80 bits per heavy atom. The standard InChI is InChI=1S/C11H12FNO2/c1-8(2)15-11-4-3-9(5-10(11)12)6-13-7-14/h3-5,8H,6H2,1-2H3. The summed E-state index contributed by atoms with van der Waals surface area (Å²) in [6.45, 7) is 3.79. The lowest BCUT2D eigenvalue weighted by molar-refractivity contribution is 0.231. The van der Waals surface area contributed by atoms with E-state index in [0.29, 0.717) is 5.56 Å². The number of ether oxygens (including phenoxy) is 1. The first kappa shape index (κ1) is 11.4. The number of aliphatic imine (C=N–C) groups is 1. The van der Waals surface area contributed by atoms with Crippen molar-refractivity contribution < 1.29 is 13.9 Å². The molecule has 0 radical (unpaired) electrons. The van der Waals surface area contributed by atoms with Gasteiger partial charge in [-0.3, -0.25) is 0 Å². The van der Waals surface area contributed by atoms with E-state index in [-0.39, 0.29) is 18.4 Å². The molecule has 0 aliphatic rings. The van der Waals surface area contributed by atoms with E-state index in [0.717, 1.165) is 0 Å². The second-order valence-electron chi connectivity index (χ2n) is 3.34. The molecular formula is C11H12FNO2. The molecule has 1 aromatic rings. The van der Waals surface area contributed by atoms with Gasteiger partial charge in [0.1, 0.15) is 0 Å². The van der Waals surface area contributed by atoms with Crippen LogP contribution in [0.3, 0.4) is 0 Å². The first-order valence-electron chi connectivity index (χ1n) is 4.62. The molecule has 1 aromatic carbocycles. The van der Waals surface area contributed by atoms with Crippen molar-refractivity contribution in [3.05, 3.63) is 29.6 Å². The van der Waals surface area contributed by atoms with Crippen LogP contribution in [-0.4, -0.2) is 12.2 Å². The Morgan fingerprint density at radius 1 is 1.53 bits per heavy atom. The SMILES string of the molecule is CC(C)Oc1ccc(CN=C=O)cc1F. The predicted molar refractivity (Wildman–Crippen MR) is 54.0 cm³/mol. The van der Waals surface area contributed by atoms with Crippen molar-refractivity contribution >= 4 is 6.08 Å². The average molecular weight is 209 g/mol. The van der Waals surface area contributed by atoms with Gasteiger partial charge in [-0.25, -0.2) is 14.2 Å². The fourth-order valence-electron chi connectivity index (χ4n) is 1.12. The summed E-state index contributed by atoms with van der Waals surface area (Å²) < 4.78 is 18.6. The molecule has 0 spiro atoms. The number of rotatable bonds is 4. The monoisotopic (exact) mass is 209 g/mol. The number of halogens is 1. The van der Waals surface area contributed by atoms with Gasteiger partial charge in [-0.2, -0.15) is 0 Å². The minimum atomic E-state index is -0.442. The molecule has 0 saturated carbocycles. The van der Waals surface area contributed by atoms with E-state index >= 15 is 0 Å². The summed E-state index contributed by atoms with van der Waals surface area (Å²) in [5.41, 5.74) is 0.618. The maximum absolute atomic E-state index is 13.4. The van der Waals surface area contributed by atoms with Crippen LogP contribution in [-0.2, 0) is 11.3 Å². The van der Waals surface area contributed by atoms with E-state index in [1.54, 1.807) is 6.07 Å². The highest BCUT2D eigenvalue weighted by molar-refractivity contribution is 5.35. The van der Waals surface area contributed by atoms with Gasteiger partial charge in [0.15, 0.2) is 11.6 Å². The molecule has 0 amide bonds. The largest absolute Gasteiger partial charge is 0.488 e. The molecule has 0 saturated heterocycles. The quantitative estimate of drug-likeness (QED) is 0.564. The van der Waals surface area contributed by atoms with E-state index in [1.807, 2.05) is 13.8 Å². The maximum atomic E-state index is 13.4. The number of nitrogens with zero attached hydrogens (tertiary/aromatic N) is 1. The average Bonchev–Trinajstić information content (AvgIpc) is 2.18. The van der Waals surface area contributed by atoms with Crippen molar-refractivity contribution in [3.8, 4) is 5.75 Å². The molecule has 80 valence electrons. The molecule has 0 N–H and O–H groups in total. The lowest BCUT2D eigenvalue weighted by Crippen LogP contribution is -2.07. The zero-order valence-corrected chi connectivity index (χ0v) is 8.66. The minimum absolute atomic E-state index is 0.0710. The molecule has 1 rings (SSSR count). The lowest BCUT2D eigenvalue weighted by Gasteiger charge is -2.10. The van der Waals surface area contributed by atoms with E-state index < -0.39 is 5.82 Å². The zero-order chi connectivity index (χ0) is 11.3. The molecule has 3 nitrogen and oxygen atoms in total. The van der Waals surface area contributed by atoms with Gasteiger partial charge in [0, 0.05) is 0 Å². The van der Waals surface area contributed by atoms with Crippen LogP contribution < -0.4 is 4.74 Å². The Hall–Kier alpha value is -1.67. The Kier molecular flexibility index (Phi) is 4.01. The van der Waals surface area contributed by atoms with E-state index in [4.69, 9.17) is 4.74 Å². The molecule has 0 atom stereocenters. The van der Waals surface area contributed by atoms with Gasteiger partial charge in [0.05, 0.1) is 12.6 Å². The molecule has 0 fully saturated rings. The van der Waals surface area contributed by atoms with Crippen molar-refractivity contribution in [1.82, 2.24) is 0 Å². The van der Waals surface area contributed by atoms with Crippen LogP contribution in [0.5, 0.6) is 5.75 Å². The highest BCUT2D eigenvalue weighted by Gasteiger charge is 2.05. The summed E-state index contributed by atoms with van der Waals surface area (Å²) in [6.07, 6.45) is 1.33. The van der Waals surface area contributed by atoms with Gasteiger partial charge >= 0.3 is 0 Å². The van der Waals surface area contributed by atoms with Gasteiger partial charge in [0.2, 0.25) is 6.08 Å². The predicted octanol–water partition coefficient (Wildman–Crippen LogP) is 2.45. The van der Waals surface area contributed by atoms with Gasteiger partial charge in [0.25, 0.3) is 0 Å². The summed E-state index contributed by atoms with van der Waals surface area (Å²) in [5.74, 6) is -0.230. The molecule has 0 bridgehead atoms. The number of isocyanates is 1. The lowest BCUT2D eigenvalue weighted by atomic mass is 10.2. The van der Waals surface area contributed by atoms with Crippen LogP contribution in [0.1, 0.15) is 19.4 Å². The second kappa shape index (κ2) is 5.27. The summed E-state index contributed by atoms with van der Waals surface area (Å²) in [5, 5.41) is 0. The first-order chi connectivity index (χ1) is 7.13. The first-order valence-corrected chi connectivity index (χ1v) is 4.62. The number of benzene rings is 1. The Balaban J connectivity index is 2.82. The molecule has 0 aliphatic heterocycles. The zero-order valence-electron chi connectivity index (χ0n) is 8.66. The molecule has 0 aliphatic carbocycles. The van der Waals surface area contributed by atoms with Crippen LogP contribution in [0.4, 0.5) is 4.39 Å². The van der Waals surface area contributed by atoms with Gasteiger partial charge in [-0.05, 0) is 31.5 Å². The highest BCUT2D eigenvalue weighted by Crippen LogP contribution is 2.19. The summed E-state index contributed by atoms with van der Waals surface area (Å²) in [4.78, 5) is 13.2. The van der Waals surface area contributed by atoms with Crippen molar-refractivity contribution in [2.24, 2.45) is 4.99 Å². The van der Waals surface area contributed by atoms with Crippen LogP contribution in [0.15, 0.2) is 23.2 Å². The van der Waals surface area contributed by atoms with Crippen LogP contribution in [0, 0.1) is 5.82 Å². The molecule has 0 aromatic heterocycles. The molecule has 15 heavy (non-hydrogen) atoms. The Labute approximate surface area is 87.6 Å². The van der Waals surface area contributed by atoms with Crippen molar-refractivity contribution in [2.45, 2.75) is 26.5 Å². The third kappa shape index (κ3) is 3.52. The minimum Gasteiger partial charge on any atom is -0.488 e. The smallest absolute Gasteiger partial charge is 0.235 e. The van der Waals surface area contributed by atoms with Crippen molar-refractivity contribution in [1.29, 1.82) is 0 Å². The topological polar surface area (TPSA) is 38.7 Å². The summed E-state index contributed by atoms with van der Waals surface area (Å²) in [7, 11) is 0. The van der Waals surface area contributed by atoms with Gasteiger partial charge < -0.3 is 4.74 Å². The maximum Gasteiger partial charge on any atom is 0.235 e. The normalized spacial score (nSPS) is 9.87. The number of hydrogen-bond donors (Lipinski definition) is 0. The van der Waals surface area contributed by atoms with E-state index in [1.165, 1.54) is 18.2 Å². The third-order valence-electron chi connectivity index (χ3n) is 1.69. The van der Waals surface area contributed by atoms with E-state index in [2.05, 4.69) is 4.99 Å². The summed E-state index contributed by atoms with van der Waals surface area (Å²) >= 11 is 0. The van der Waals surface area contributed by atoms with Crippen LogP contribution in [0.25, 0.3) is 0 Å². The van der Waals surface area contributed by atoms with Crippen LogP contribution in [0.2, 0.25) is 0 Å². The number of hydrogen-bond acceptors (Lipinski definition) is 3. The van der Waals surface area contributed by atoms with Crippen LogP contribution >= 0.6 is 0 Å². The molecule has 4 heteroatoms. The van der Waals surface area contributed by atoms with Crippen molar-refractivity contribution in [2.75, 3.05) is 0 Å². The molecular weight excluding hydrogens is 197 g/mol. The van der Waals surface area contributed by atoms with E-state index in [9.17, 15) is 9.18 Å². The molecule has 0 unspecified atom stereocenters. The summed E-state index contributed by atoms with van der Waals surface area (Å²) in [6, 6.07) is 4.51. The van der Waals surface area contributed by atoms with Crippen molar-refractivity contribution in [3.63, 3.8) is 0 Å².